The summed E-state index contributed by atoms with van der Waals surface area (Å²) in [6.45, 7) is 8.02. The van der Waals surface area contributed by atoms with E-state index in [1.54, 1.807) is 11.8 Å². The van der Waals surface area contributed by atoms with Crippen molar-refractivity contribution in [2.45, 2.75) is 39.5 Å². The number of anilines is 1. The number of carbonyl (C=O) groups excluding carboxylic acids is 2. The number of hydrogen-bond donors (Lipinski definition) is 0. The molecule has 0 N–H and O–H groups in total. The lowest BCUT2D eigenvalue weighted by Gasteiger charge is -2.36. The molecule has 0 bridgehead atoms. The molecule has 0 radical (unpaired) electrons. The van der Waals surface area contributed by atoms with E-state index in [4.69, 9.17) is 11.6 Å². The fraction of sp³-hybridized carbons (Fsp3) is 0.600. The number of nitrogens with zero attached hydrogens (tertiary/aromatic N) is 3. The van der Waals surface area contributed by atoms with Gasteiger partial charge in [-0.1, -0.05) is 37.4 Å². The zero-order chi connectivity index (χ0) is 18.9. The highest BCUT2D eigenvalue weighted by atomic mass is 35.5. The van der Waals surface area contributed by atoms with Gasteiger partial charge in [-0.15, -0.1) is 0 Å². The third-order valence-electron chi connectivity index (χ3n) is 4.88. The molecule has 144 valence electrons. The maximum atomic E-state index is 12.5. The molecule has 1 heterocycles. The first-order valence-electron chi connectivity index (χ1n) is 9.55. The highest BCUT2D eigenvalue weighted by Gasteiger charge is 2.22. The third-order valence-corrected chi connectivity index (χ3v) is 5.11. The van der Waals surface area contributed by atoms with Gasteiger partial charge in [-0.3, -0.25) is 9.59 Å². The van der Waals surface area contributed by atoms with Gasteiger partial charge in [0.05, 0.1) is 0 Å². The fourth-order valence-corrected chi connectivity index (χ4v) is 3.44. The van der Waals surface area contributed by atoms with Crippen molar-refractivity contribution in [3.63, 3.8) is 0 Å². The van der Waals surface area contributed by atoms with Gasteiger partial charge in [0, 0.05) is 63.3 Å². The zero-order valence-corrected chi connectivity index (χ0v) is 16.7. The first-order valence-corrected chi connectivity index (χ1v) is 9.93. The summed E-state index contributed by atoms with van der Waals surface area (Å²) in [6.07, 6.45) is 3.65. The average molecular weight is 380 g/mol. The Morgan fingerprint density at radius 3 is 2.46 bits per heavy atom. The molecule has 2 amide bonds. The van der Waals surface area contributed by atoms with E-state index in [1.165, 1.54) is 0 Å². The average Bonchev–Trinajstić information content (AvgIpc) is 2.64. The van der Waals surface area contributed by atoms with Crippen molar-refractivity contribution in [3.05, 3.63) is 29.3 Å². The molecule has 1 aromatic carbocycles. The molecule has 0 saturated carbocycles. The molecule has 6 heteroatoms. The molecule has 1 aliphatic rings. The Bertz CT molecular complexity index is 600. The van der Waals surface area contributed by atoms with Crippen LogP contribution >= 0.6 is 11.6 Å². The highest BCUT2D eigenvalue weighted by molar-refractivity contribution is 6.30. The minimum absolute atomic E-state index is 0.0553. The van der Waals surface area contributed by atoms with E-state index in [9.17, 15) is 9.59 Å². The van der Waals surface area contributed by atoms with Crippen LogP contribution in [0.2, 0.25) is 5.02 Å². The van der Waals surface area contributed by atoms with Crippen molar-refractivity contribution in [3.8, 4) is 0 Å². The number of halogens is 1. The molecular weight excluding hydrogens is 350 g/mol. The van der Waals surface area contributed by atoms with Gasteiger partial charge < -0.3 is 14.7 Å². The molecule has 1 aliphatic heterocycles. The molecule has 26 heavy (non-hydrogen) atoms. The van der Waals surface area contributed by atoms with E-state index >= 15 is 0 Å². The molecule has 0 spiro atoms. The molecule has 1 saturated heterocycles. The number of rotatable bonds is 8. The predicted octanol–water partition coefficient (Wildman–Crippen LogP) is 3.42. The third kappa shape index (κ3) is 6.20. The van der Waals surface area contributed by atoms with Gasteiger partial charge in [0.25, 0.3) is 0 Å². The van der Waals surface area contributed by atoms with Gasteiger partial charge in [-0.25, -0.2) is 0 Å². The van der Waals surface area contributed by atoms with Crippen LogP contribution in [0.1, 0.15) is 39.5 Å². The largest absolute Gasteiger partial charge is 0.368 e. The summed E-state index contributed by atoms with van der Waals surface area (Å²) in [5, 5.41) is 0.730. The van der Waals surface area contributed by atoms with Crippen LogP contribution in [0.4, 0.5) is 5.69 Å². The van der Waals surface area contributed by atoms with Crippen LogP contribution in [0.5, 0.6) is 0 Å². The predicted molar refractivity (Wildman–Crippen MR) is 107 cm³/mol. The van der Waals surface area contributed by atoms with E-state index in [2.05, 4.69) is 11.8 Å². The van der Waals surface area contributed by atoms with Crippen molar-refractivity contribution >= 4 is 29.1 Å². The Labute approximate surface area is 161 Å². The fourth-order valence-electron chi connectivity index (χ4n) is 3.25. The van der Waals surface area contributed by atoms with E-state index < -0.39 is 0 Å². The molecule has 0 unspecified atom stereocenters. The molecule has 0 aliphatic carbocycles. The minimum Gasteiger partial charge on any atom is -0.368 e. The Kier molecular flexibility index (Phi) is 8.23. The topological polar surface area (TPSA) is 43.9 Å². The Morgan fingerprint density at radius 2 is 1.85 bits per heavy atom. The Balaban J connectivity index is 1.77. The minimum atomic E-state index is 0.0553. The lowest BCUT2D eigenvalue weighted by molar-refractivity contribution is -0.133. The van der Waals surface area contributed by atoms with Crippen LogP contribution in [0, 0.1) is 0 Å². The number of benzene rings is 1. The smallest absolute Gasteiger partial charge is 0.224 e. The molecule has 1 fully saturated rings. The molecule has 2 rings (SSSR count). The van der Waals surface area contributed by atoms with Crippen LogP contribution in [-0.4, -0.2) is 60.9 Å². The van der Waals surface area contributed by atoms with Crippen molar-refractivity contribution in [1.29, 1.82) is 0 Å². The summed E-state index contributed by atoms with van der Waals surface area (Å²) >= 11 is 6.06. The second-order valence-electron chi connectivity index (χ2n) is 6.81. The number of hydrogen-bond acceptors (Lipinski definition) is 3. The number of unbranched alkanes of at least 4 members (excludes halogenated alkanes) is 2. The summed E-state index contributed by atoms with van der Waals surface area (Å²) in [4.78, 5) is 30.2. The van der Waals surface area contributed by atoms with Crippen molar-refractivity contribution < 1.29 is 9.59 Å². The van der Waals surface area contributed by atoms with Gasteiger partial charge in [-0.05, 0) is 24.6 Å². The van der Waals surface area contributed by atoms with Gasteiger partial charge in [0.2, 0.25) is 11.8 Å². The van der Waals surface area contributed by atoms with Crippen LogP contribution in [0.15, 0.2) is 24.3 Å². The molecule has 0 aromatic heterocycles. The van der Waals surface area contributed by atoms with Crippen LogP contribution in [0.3, 0.4) is 0 Å². The zero-order valence-electron chi connectivity index (χ0n) is 15.9. The highest BCUT2D eigenvalue weighted by Crippen LogP contribution is 2.21. The van der Waals surface area contributed by atoms with Gasteiger partial charge in [-0.2, -0.15) is 0 Å². The number of amides is 2. The second-order valence-corrected chi connectivity index (χ2v) is 7.25. The summed E-state index contributed by atoms with van der Waals surface area (Å²) < 4.78 is 0. The normalized spacial score (nSPS) is 14.4. The SMILES string of the molecule is CCCCCN(CCC(=O)N1CCN(c2cccc(Cl)c2)CC1)C(C)=O. The summed E-state index contributed by atoms with van der Waals surface area (Å²) in [5.41, 5.74) is 1.10. The van der Waals surface area contributed by atoms with Crippen LogP contribution < -0.4 is 4.90 Å². The van der Waals surface area contributed by atoms with Crippen LogP contribution in [-0.2, 0) is 9.59 Å². The van der Waals surface area contributed by atoms with Crippen molar-refractivity contribution in [2.75, 3.05) is 44.2 Å². The van der Waals surface area contributed by atoms with Crippen LogP contribution in [0.25, 0.3) is 0 Å². The Hall–Kier alpha value is -1.75. The van der Waals surface area contributed by atoms with E-state index in [0.29, 0.717) is 26.1 Å². The monoisotopic (exact) mass is 379 g/mol. The lowest BCUT2D eigenvalue weighted by Crippen LogP contribution is -2.49. The van der Waals surface area contributed by atoms with Gasteiger partial charge in [0.15, 0.2) is 0 Å². The number of carbonyl (C=O) groups is 2. The molecule has 5 nitrogen and oxygen atoms in total. The van der Waals surface area contributed by atoms with Crippen molar-refractivity contribution in [1.82, 2.24) is 9.80 Å². The molecule has 1 aromatic rings. The van der Waals surface area contributed by atoms with Crippen molar-refractivity contribution in [2.24, 2.45) is 0 Å². The summed E-state index contributed by atoms with van der Waals surface area (Å²) in [7, 11) is 0. The van der Waals surface area contributed by atoms with E-state index in [-0.39, 0.29) is 11.8 Å². The van der Waals surface area contributed by atoms with Gasteiger partial charge in [0.1, 0.15) is 0 Å². The maximum absolute atomic E-state index is 12.5. The number of piperazine rings is 1. The first kappa shape index (κ1) is 20.6. The van der Waals surface area contributed by atoms with Gasteiger partial charge >= 0.3 is 0 Å². The second kappa shape index (κ2) is 10.4. The Morgan fingerprint density at radius 1 is 1.12 bits per heavy atom. The van der Waals surface area contributed by atoms with E-state index in [1.807, 2.05) is 29.2 Å². The first-order chi connectivity index (χ1) is 12.5. The summed E-state index contributed by atoms with van der Waals surface area (Å²) in [6, 6.07) is 7.82. The molecule has 0 atom stereocenters. The summed E-state index contributed by atoms with van der Waals surface area (Å²) in [5.74, 6) is 0.192. The molecular formula is C20H30ClN3O2. The maximum Gasteiger partial charge on any atom is 0.224 e. The standard InChI is InChI=1S/C20H30ClN3O2/c1-3-4-5-10-22(17(2)25)11-9-20(26)24-14-12-23(13-15-24)19-8-6-7-18(21)16-19/h6-8,16H,3-5,9-15H2,1-2H3. The lowest BCUT2D eigenvalue weighted by atomic mass is 10.2. The van der Waals surface area contributed by atoms with E-state index in [0.717, 1.165) is 49.6 Å². The quantitative estimate of drug-likeness (QED) is 0.650.